The zero-order valence-electron chi connectivity index (χ0n) is 21.1. The molecule has 0 atom stereocenters. The number of aryl methyl sites for hydroxylation is 2. The van der Waals surface area contributed by atoms with Crippen LogP contribution in [0.5, 0.6) is 0 Å². The van der Waals surface area contributed by atoms with Crippen LogP contribution in [0.25, 0.3) is 11.3 Å². The van der Waals surface area contributed by atoms with E-state index in [9.17, 15) is 4.79 Å². The van der Waals surface area contributed by atoms with E-state index in [0.29, 0.717) is 36.1 Å². The maximum atomic E-state index is 13.2. The molecule has 0 unspecified atom stereocenters. The summed E-state index contributed by atoms with van der Waals surface area (Å²) in [6, 6.07) is 15.7. The lowest BCUT2D eigenvalue weighted by Gasteiger charge is -2.39. The van der Waals surface area contributed by atoms with Crippen molar-refractivity contribution in [2.75, 3.05) is 26.3 Å². The Kier molecular flexibility index (Phi) is 7.67. The summed E-state index contributed by atoms with van der Waals surface area (Å²) in [6.07, 6.45) is 1.97. The number of ether oxygens (including phenoxy) is 1. The molecule has 1 aromatic heterocycles. The van der Waals surface area contributed by atoms with Crippen molar-refractivity contribution in [3.63, 3.8) is 0 Å². The highest BCUT2D eigenvalue weighted by Crippen LogP contribution is 2.33. The molecule has 0 saturated carbocycles. The van der Waals surface area contributed by atoms with E-state index in [0.717, 1.165) is 54.4 Å². The number of carbonyl (C=O) groups is 1. The normalized spacial score (nSPS) is 16.1. The lowest BCUT2D eigenvalue weighted by Crippen LogP contribution is -2.48. The van der Waals surface area contributed by atoms with Crippen molar-refractivity contribution in [3.8, 4) is 17.3 Å². The van der Waals surface area contributed by atoms with Gasteiger partial charge in [0.25, 0.3) is 5.91 Å². The molecule has 6 heteroatoms. The summed E-state index contributed by atoms with van der Waals surface area (Å²) in [7, 11) is 0. The molecule has 3 aromatic rings. The van der Waals surface area contributed by atoms with Crippen LogP contribution in [0, 0.1) is 25.2 Å². The number of imidazole rings is 1. The number of amides is 1. The van der Waals surface area contributed by atoms with Crippen molar-refractivity contribution in [2.45, 2.75) is 52.4 Å². The predicted molar refractivity (Wildman–Crippen MR) is 137 cm³/mol. The van der Waals surface area contributed by atoms with E-state index in [4.69, 9.17) is 15.0 Å². The van der Waals surface area contributed by atoms with Crippen LogP contribution in [-0.2, 0) is 4.74 Å². The van der Waals surface area contributed by atoms with Crippen molar-refractivity contribution >= 4 is 5.91 Å². The van der Waals surface area contributed by atoms with E-state index in [2.05, 4.69) is 24.9 Å². The molecule has 5 rings (SSSR count). The number of hydrogen-bond acceptors (Lipinski definition) is 4. The second-order valence-electron chi connectivity index (χ2n) is 9.15. The van der Waals surface area contributed by atoms with Gasteiger partial charge in [-0.2, -0.15) is 5.26 Å². The van der Waals surface area contributed by atoms with Crippen LogP contribution in [0.4, 0.5) is 0 Å². The summed E-state index contributed by atoms with van der Waals surface area (Å²) in [5, 5.41) is 8.97. The minimum absolute atomic E-state index is 0.0546. The number of nitriles is 1. The lowest BCUT2D eigenvalue weighted by atomic mass is 9.90. The first-order valence-corrected chi connectivity index (χ1v) is 12.6. The summed E-state index contributed by atoms with van der Waals surface area (Å²) in [6.45, 7) is 11.1. The number of likely N-dealkylation sites (tertiary alicyclic amines) is 1. The fourth-order valence-corrected chi connectivity index (χ4v) is 4.79. The van der Waals surface area contributed by atoms with Crippen LogP contribution in [0.2, 0.25) is 0 Å². The molecule has 2 aliphatic rings. The number of carbonyl (C=O) groups excluding carboxylic acids is 1. The Hall–Kier alpha value is -3.43. The topological polar surface area (TPSA) is 82.0 Å². The molecule has 35 heavy (non-hydrogen) atoms. The molecule has 1 amide bonds. The maximum Gasteiger partial charge on any atom is 0.253 e. The highest BCUT2D eigenvalue weighted by molar-refractivity contribution is 5.96. The number of benzene rings is 2. The molecule has 2 saturated heterocycles. The van der Waals surface area contributed by atoms with E-state index in [-0.39, 0.29) is 5.91 Å². The monoisotopic (exact) mass is 470 g/mol. The fraction of sp³-hybridized carbons (Fsp3) is 0.414. The number of nitrogens with zero attached hydrogens (tertiary/aromatic N) is 3. The second kappa shape index (κ2) is 10.9. The van der Waals surface area contributed by atoms with Gasteiger partial charge in [-0.25, -0.2) is 4.98 Å². The molecule has 2 aromatic carbocycles. The second-order valence-corrected chi connectivity index (χ2v) is 9.15. The van der Waals surface area contributed by atoms with Gasteiger partial charge in [0, 0.05) is 55.0 Å². The average Bonchev–Trinajstić information content (AvgIpc) is 3.27. The quantitative estimate of drug-likeness (QED) is 0.528. The molecule has 2 fully saturated rings. The molecular formula is C29H34N4O2. The van der Waals surface area contributed by atoms with Gasteiger partial charge in [0.05, 0.1) is 17.3 Å². The number of rotatable bonds is 4. The van der Waals surface area contributed by atoms with Crippen LogP contribution in [0.3, 0.4) is 0 Å². The first-order valence-electron chi connectivity index (χ1n) is 12.6. The van der Waals surface area contributed by atoms with Gasteiger partial charge in [-0.1, -0.05) is 32.0 Å². The molecule has 3 heterocycles. The van der Waals surface area contributed by atoms with Gasteiger partial charge in [0.15, 0.2) is 0 Å². The van der Waals surface area contributed by atoms with Gasteiger partial charge in [-0.3, -0.25) is 4.79 Å². The summed E-state index contributed by atoms with van der Waals surface area (Å²) < 4.78 is 5.49. The largest absolute Gasteiger partial charge is 0.381 e. The van der Waals surface area contributed by atoms with E-state index in [1.54, 1.807) is 0 Å². The SMILES string of the molecule is CC.Cc1ccc(C(=O)N2CC(c3ccc(C#N)cc3)C2)cc1-c1nc(C2CCOCC2)[nH]c1C. The third kappa shape index (κ3) is 5.16. The van der Waals surface area contributed by atoms with Gasteiger partial charge in [0.1, 0.15) is 5.82 Å². The molecule has 0 aliphatic carbocycles. The summed E-state index contributed by atoms with van der Waals surface area (Å²) >= 11 is 0. The Labute approximate surface area is 208 Å². The fourth-order valence-electron chi connectivity index (χ4n) is 4.79. The van der Waals surface area contributed by atoms with E-state index in [1.165, 1.54) is 5.56 Å². The van der Waals surface area contributed by atoms with Crippen LogP contribution in [-0.4, -0.2) is 47.1 Å². The van der Waals surface area contributed by atoms with Crippen molar-refractivity contribution in [2.24, 2.45) is 0 Å². The van der Waals surface area contributed by atoms with Crippen molar-refractivity contribution < 1.29 is 9.53 Å². The Morgan fingerprint density at radius 2 is 1.74 bits per heavy atom. The number of hydrogen-bond donors (Lipinski definition) is 1. The lowest BCUT2D eigenvalue weighted by molar-refractivity contribution is 0.0602. The third-order valence-corrected chi connectivity index (χ3v) is 6.93. The number of nitrogens with one attached hydrogen (secondary N) is 1. The Bertz CT molecular complexity index is 1210. The smallest absolute Gasteiger partial charge is 0.253 e. The maximum absolute atomic E-state index is 13.2. The van der Waals surface area contributed by atoms with Crippen LogP contribution >= 0.6 is 0 Å². The van der Waals surface area contributed by atoms with Crippen molar-refractivity contribution in [3.05, 3.63) is 76.2 Å². The average molecular weight is 471 g/mol. The van der Waals surface area contributed by atoms with Gasteiger partial charge in [-0.15, -0.1) is 0 Å². The molecule has 0 bridgehead atoms. The minimum Gasteiger partial charge on any atom is -0.381 e. The standard InChI is InChI=1S/C27H28N4O2.C2H6/c1-17-3-6-22(27(32)31-15-23(16-31)20-7-4-19(14-28)5-8-20)13-24(17)25-18(2)29-26(30-25)21-9-11-33-12-10-21;1-2/h3-8,13,21,23H,9-12,15-16H2,1-2H3,(H,29,30);1-2H3. The van der Waals surface area contributed by atoms with Crippen molar-refractivity contribution in [1.82, 2.24) is 14.9 Å². The van der Waals surface area contributed by atoms with Gasteiger partial charge < -0.3 is 14.6 Å². The van der Waals surface area contributed by atoms with E-state index >= 15 is 0 Å². The number of aromatic nitrogens is 2. The Balaban J connectivity index is 0.00000141. The highest BCUT2D eigenvalue weighted by atomic mass is 16.5. The third-order valence-electron chi connectivity index (χ3n) is 6.93. The zero-order chi connectivity index (χ0) is 24.9. The van der Waals surface area contributed by atoms with Gasteiger partial charge in [0.2, 0.25) is 0 Å². The first-order chi connectivity index (χ1) is 17.0. The number of H-pyrrole nitrogens is 1. The molecule has 182 valence electrons. The summed E-state index contributed by atoms with van der Waals surface area (Å²) in [4.78, 5) is 23.5. The van der Waals surface area contributed by atoms with Gasteiger partial charge in [-0.05, 0) is 62.1 Å². The summed E-state index contributed by atoms with van der Waals surface area (Å²) in [5.74, 6) is 1.80. The van der Waals surface area contributed by atoms with E-state index in [1.807, 2.05) is 61.2 Å². The minimum atomic E-state index is 0.0546. The van der Waals surface area contributed by atoms with E-state index < -0.39 is 0 Å². The molecular weight excluding hydrogens is 436 g/mol. The number of aromatic amines is 1. The highest BCUT2D eigenvalue weighted by Gasteiger charge is 2.32. The van der Waals surface area contributed by atoms with Gasteiger partial charge >= 0.3 is 0 Å². The zero-order valence-corrected chi connectivity index (χ0v) is 21.1. The predicted octanol–water partition coefficient (Wildman–Crippen LogP) is 5.73. The molecule has 0 radical (unpaired) electrons. The van der Waals surface area contributed by atoms with Crippen LogP contribution in [0.15, 0.2) is 42.5 Å². The Morgan fingerprint density at radius 3 is 2.40 bits per heavy atom. The molecule has 6 nitrogen and oxygen atoms in total. The molecule has 0 spiro atoms. The molecule has 1 N–H and O–H groups in total. The van der Waals surface area contributed by atoms with Crippen LogP contribution < -0.4 is 0 Å². The van der Waals surface area contributed by atoms with Crippen LogP contribution in [0.1, 0.15) is 77.1 Å². The summed E-state index contributed by atoms with van der Waals surface area (Å²) in [5.41, 5.74) is 6.62. The molecule has 2 aliphatic heterocycles. The Morgan fingerprint density at radius 1 is 1.06 bits per heavy atom. The first kappa shape index (κ1) is 24.7. The van der Waals surface area contributed by atoms with Crippen molar-refractivity contribution in [1.29, 1.82) is 5.26 Å².